The lowest BCUT2D eigenvalue weighted by atomic mass is 10.1. The average molecular weight is 300 g/mol. The molecule has 5 heteroatoms. The van der Waals surface area contributed by atoms with E-state index in [-0.39, 0.29) is 17.9 Å². The van der Waals surface area contributed by atoms with E-state index >= 15 is 0 Å². The van der Waals surface area contributed by atoms with Crippen molar-refractivity contribution in [2.45, 2.75) is 27.2 Å². The van der Waals surface area contributed by atoms with Gasteiger partial charge in [0.1, 0.15) is 0 Å². The van der Waals surface area contributed by atoms with Crippen LogP contribution in [-0.4, -0.2) is 21.6 Å². The highest BCUT2D eigenvalue weighted by Crippen LogP contribution is 2.19. The Morgan fingerprint density at radius 2 is 1.86 bits per heavy atom. The normalized spacial score (nSPS) is 10.5. The molecule has 0 unspecified atom stereocenters. The van der Waals surface area contributed by atoms with Gasteiger partial charge in [0.25, 0.3) is 0 Å². The second kappa shape index (κ2) is 6.05. The predicted octanol–water partition coefficient (Wildman–Crippen LogP) is 2.83. The minimum absolute atomic E-state index is 0.0271. The van der Waals surface area contributed by atoms with Crippen molar-refractivity contribution in [2.24, 2.45) is 7.05 Å². The summed E-state index contributed by atoms with van der Waals surface area (Å²) in [5.74, 6) is -1.23. The lowest BCUT2D eigenvalue weighted by molar-refractivity contribution is -0.115. The van der Waals surface area contributed by atoms with E-state index in [9.17, 15) is 14.7 Å². The maximum absolute atomic E-state index is 12.3. The van der Waals surface area contributed by atoms with Crippen LogP contribution in [-0.2, 0) is 18.3 Å². The molecule has 2 rings (SSSR count). The third kappa shape index (κ3) is 3.19. The molecule has 2 N–H and O–H groups in total. The summed E-state index contributed by atoms with van der Waals surface area (Å²) in [6.07, 6.45) is 1.75. The number of carboxylic acids is 1. The molecule has 0 radical (unpaired) electrons. The van der Waals surface area contributed by atoms with Crippen LogP contribution in [0.4, 0.5) is 5.69 Å². The largest absolute Gasteiger partial charge is 0.478 e. The van der Waals surface area contributed by atoms with Crippen molar-refractivity contribution < 1.29 is 14.7 Å². The first-order valence-electron chi connectivity index (χ1n) is 7.04. The molecule has 0 saturated heterocycles. The number of aromatic carboxylic acids is 1. The number of rotatable bonds is 4. The predicted molar refractivity (Wildman–Crippen MR) is 85.4 cm³/mol. The Kier molecular flexibility index (Phi) is 4.35. The number of carbonyl (C=O) groups excluding carboxylic acids is 1. The number of aryl methyl sites for hydroxylation is 4. The third-order valence-corrected chi connectivity index (χ3v) is 3.70. The molecule has 1 aromatic heterocycles. The summed E-state index contributed by atoms with van der Waals surface area (Å²) in [7, 11) is 1.75. The number of nitrogens with zero attached hydrogens (tertiary/aromatic N) is 1. The second-order valence-corrected chi connectivity index (χ2v) is 5.59. The summed E-state index contributed by atoms with van der Waals surface area (Å²) in [6.45, 7) is 5.61. The van der Waals surface area contributed by atoms with Gasteiger partial charge in [-0.05, 0) is 43.5 Å². The Balaban J connectivity index is 2.23. The maximum atomic E-state index is 12.3. The molecule has 0 aliphatic heterocycles. The van der Waals surface area contributed by atoms with Gasteiger partial charge < -0.3 is 15.0 Å². The van der Waals surface area contributed by atoms with Crippen molar-refractivity contribution in [2.75, 3.05) is 5.32 Å². The smallest absolute Gasteiger partial charge is 0.337 e. The first kappa shape index (κ1) is 15.8. The number of carbonyl (C=O) groups is 2. The Morgan fingerprint density at radius 3 is 2.50 bits per heavy atom. The Morgan fingerprint density at radius 1 is 1.18 bits per heavy atom. The maximum Gasteiger partial charge on any atom is 0.337 e. The molecule has 0 aliphatic carbocycles. The van der Waals surface area contributed by atoms with Gasteiger partial charge in [0.05, 0.1) is 12.0 Å². The fraction of sp³-hybridized carbons (Fsp3) is 0.294. The van der Waals surface area contributed by atoms with Crippen molar-refractivity contribution in [1.82, 2.24) is 4.57 Å². The molecule has 0 bridgehead atoms. The lowest BCUT2D eigenvalue weighted by Crippen LogP contribution is -2.18. The molecule has 5 nitrogen and oxygen atoms in total. The van der Waals surface area contributed by atoms with Crippen LogP contribution in [0, 0.1) is 20.8 Å². The highest BCUT2D eigenvalue weighted by Gasteiger charge is 2.20. The summed E-state index contributed by atoms with van der Waals surface area (Å²) in [5.41, 5.74) is 4.16. The van der Waals surface area contributed by atoms with Gasteiger partial charge in [-0.3, -0.25) is 4.79 Å². The van der Waals surface area contributed by atoms with Crippen LogP contribution < -0.4 is 5.32 Å². The van der Waals surface area contributed by atoms with Crippen molar-refractivity contribution >= 4 is 17.6 Å². The molecule has 0 aliphatic rings. The number of benzene rings is 1. The van der Waals surface area contributed by atoms with Crippen LogP contribution in [0.3, 0.4) is 0 Å². The zero-order valence-electron chi connectivity index (χ0n) is 13.2. The van der Waals surface area contributed by atoms with Crippen LogP contribution in [0.15, 0.2) is 24.4 Å². The van der Waals surface area contributed by atoms with Crippen LogP contribution in [0.25, 0.3) is 0 Å². The molecule has 1 heterocycles. The number of hydrogen-bond acceptors (Lipinski definition) is 2. The van der Waals surface area contributed by atoms with Gasteiger partial charge in [0, 0.05) is 24.6 Å². The molecule has 22 heavy (non-hydrogen) atoms. The van der Waals surface area contributed by atoms with E-state index in [0.717, 1.165) is 16.8 Å². The number of carboxylic acid groups (broad SMARTS) is 1. The minimum atomic E-state index is -1.01. The number of nitrogens with one attached hydrogen (secondary N) is 1. The SMILES string of the molecule is Cc1ccc(C)c(NC(=O)Cc2c(C(=O)O)c(C)cn2C)c1. The fourth-order valence-corrected chi connectivity index (χ4v) is 2.56. The molecular formula is C17H20N2O3. The van der Waals surface area contributed by atoms with Crippen molar-refractivity contribution in [3.8, 4) is 0 Å². The van der Waals surface area contributed by atoms with Crippen molar-refractivity contribution in [3.05, 3.63) is 52.3 Å². The number of aromatic nitrogens is 1. The van der Waals surface area contributed by atoms with Crippen molar-refractivity contribution in [1.29, 1.82) is 0 Å². The van der Waals surface area contributed by atoms with E-state index in [1.165, 1.54) is 0 Å². The van der Waals surface area contributed by atoms with Crippen LogP contribution >= 0.6 is 0 Å². The molecule has 0 atom stereocenters. The van der Waals surface area contributed by atoms with Crippen LogP contribution in [0.1, 0.15) is 32.7 Å². The minimum Gasteiger partial charge on any atom is -0.478 e. The van der Waals surface area contributed by atoms with Gasteiger partial charge in [0.2, 0.25) is 5.91 Å². The summed E-state index contributed by atoms with van der Waals surface area (Å²) >= 11 is 0. The highest BCUT2D eigenvalue weighted by molar-refractivity contribution is 5.96. The van der Waals surface area contributed by atoms with Gasteiger partial charge in [-0.1, -0.05) is 12.1 Å². The molecule has 2 aromatic rings. The number of anilines is 1. The fourth-order valence-electron chi connectivity index (χ4n) is 2.56. The molecule has 1 amide bonds. The number of hydrogen-bond donors (Lipinski definition) is 2. The van der Waals surface area contributed by atoms with Gasteiger partial charge in [-0.2, -0.15) is 0 Å². The van der Waals surface area contributed by atoms with E-state index in [2.05, 4.69) is 5.32 Å². The summed E-state index contributed by atoms with van der Waals surface area (Å²) < 4.78 is 1.70. The summed E-state index contributed by atoms with van der Waals surface area (Å²) in [4.78, 5) is 23.6. The van der Waals surface area contributed by atoms with Gasteiger partial charge in [0.15, 0.2) is 0 Å². The Hall–Kier alpha value is -2.56. The highest BCUT2D eigenvalue weighted by atomic mass is 16.4. The standard InChI is InChI=1S/C17H20N2O3/c1-10-5-6-11(2)13(7-10)18-15(20)8-14-16(17(21)22)12(3)9-19(14)4/h5-7,9H,8H2,1-4H3,(H,18,20)(H,21,22). The molecule has 1 aromatic carbocycles. The molecule has 116 valence electrons. The van der Waals surface area contributed by atoms with E-state index in [4.69, 9.17) is 0 Å². The monoisotopic (exact) mass is 300 g/mol. The number of amides is 1. The zero-order chi connectivity index (χ0) is 16.4. The van der Waals surface area contributed by atoms with Gasteiger partial charge in [-0.15, -0.1) is 0 Å². The topological polar surface area (TPSA) is 71.3 Å². The second-order valence-electron chi connectivity index (χ2n) is 5.59. The molecular weight excluding hydrogens is 280 g/mol. The van der Waals surface area contributed by atoms with Crippen LogP contribution in [0.2, 0.25) is 0 Å². The van der Waals surface area contributed by atoms with E-state index in [1.54, 1.807) is 24.7 Å². The first-order valence-corrected chi connectivity index (χ1v) is 7.04. The van der Waals surface area contributed by atoms with E-state index in [1.807, 2.05) is 32.0 Å². The van der Waals surface area contributed by atoms with Crippen LogP contribution in [0.5, 0.6) is 0 Å². The van der Waals surface area contributed by atoms with E-state index in [0.29, 0.717) is 11.3 Å². The quantitative estimate of drug-likeness (QED) is 0.912. The van der Waals surface area contributed by atoms with Gasteiger partial charge >= 0.3 is 5.97 Å². The Labute approximate surface area is 129 Å². The van der Waals surface area contributed by atoms with Gasteiger partial charge in [-0.25, -0.2) is 4.79 Å². The molecule has 0 fully saturated rings. The lowest BCUT2D eigenvalue weighted by Gasteiger charge is -2.10. The average Bonchev–Trinajstić information content (AvgIpc) is 2.68. The van der Waals surface area contributed by atoms with Crippen molar-refractivity contribution in [3.63, 3.8) is 0 Å². The van der Waals surface area contributed by atoms with E-state index < -0.39 is 5.97 Å². The summed E-state index contributed by atoms with van der Waals surface area (Å²) in [6, 6.07) is 5.83. The third-order valence-electron chi connectivity index (χ3n) is 3.70. The molecule has 0 spiro atoms. The summed E-state index contributed by atoms with van der Waals surface area (Å²) in [5, 5.41) is 12.2. The Bertz CT molecular complexity index is 745. The zero-order valence-corrected chi connectivity index (χ0v) is 13.2. The molecule has 0 saturated carbocycles. The first-order chi connectivity index (χ1) is 10.3.